The Hall–Kier alpha value is -14.7. The number of hydrogen-bond donors (Lipinski definition) is 3. The van der Waals surface area contributed by atoms with Gasteiger partial charge in [-0.05, 0) is 231 Å². The molecule has 21 aromatic rings. The molecule has 0 bridgehead atoms. The Kier molecular flexibility index (Phi) is 16.6. The first-order chi connectivity index (χ1) is 62.6. The SMILES string of the molecule is C=Cc1ccc2c(c1)-c1ccc(Nc3cccc4oc5ccccc5c34)cc1C2(c1ccccc1)c1ccccc1.CC1(C)c2ccccc2-c2ccc(Nc3cc4c(c(-c5cccc6sc7ccccc7c56)c3)C(C)(C)c3ccccc3-4)cc21.[2H]c1c([2H])c([2H])c2c(c1[2H])-c1ccc(Nc3cccc4sc5ccccc5c34)cc1C2(c1ccccc1)c1ccccc1. The molecule has 590 valence electrons. The number of furan rings is 1. The molecule has 4 aliphatic carbocycles. The molecule has 0 saturated heterocycles. The van der Waals surface area contributed by atoms with E-state index in [9.17, 15) is 1.37 Å². The maximum Gasteiger partial charge on any atom is 0.137 e. The lowest BCUT2D eigenvalue weighted by Gasteiger charge is -2.34. The molecule has 0 spiro atoms. The highest BCUT2D eigenvalue weighted by atomic mass is 32.1. The van der Waals surface area contributed by atoms with Crippen molar-refractivity contribution in [3.63, 3.8) is 0 Å². The summed E-state index contributed by atoms with van der Waals surface area (Å²) >= 11 is 3.67. The van der Waals surface area contributed by atoms with E-state index in [0.717, 1.165) is 83.9 Å². The van der Waals surface area contributed by atoms with Gasteiger partial charge in [-0.25, -0.2) is 0 Å². The first-order valence-electron chi connectivity index (χ1n) is 44.5. The standard InChI is InChI=1S/C42H33NS.C39H27NO.C37H25NS/c1-41(2)34-16-8-5-12-27(34)29-21-20-25(24-36(29)41)43-26-22-32-28-13-6-9-17-35(28)42(3,4)40(32)33(23-26)30-15-11-19-38-39(30)31-14-7-10-18-37(31)44-38;1-2-26-20-23-33-32(24-26)30-22-21-29(40-35-17-11-19-37-38(35)31-16-9-10-18-36(31)41-37)25-34(30)39(33,27-12-5-3-6-13-27)28-14-7-4-8-15-28;1-3-12-25(13-4-1)37(26-14-5-2-6-15-26)31-18-9-7-16-28(31)29-23-22-27(24-32(29)37)38-33-19-11-21-35-36(33)30-17-8-10-20-34(30)39-35/h5-24,43H,1-4H3;2-25,40H,1H2;1-24,38H/i;;7D,9D,16D,18D. The number of para-hydroxylation sites is 1. The molecule has 0 fully saturated rings. The fourth-order valence-electron chi connectivity index (χ4n) is 21.2. The summed E-state index contributed by atoms with van der Waals surface area (Å²) in [5.74, 6) is 0. The molecule has 0 unspecified atom stereocenters. The van der Waals surface area contributed by atoms with E-state index in [1.165, 1.54) is 129 Å². The van der Waals surface area contributed by atoms with Gasteiger partial charge >= 0.3 is 0 Å². The Morgan fingerprint density at radius 1 is 0.282 bits per heavy atom. The molecule has 0 atom stereocenters. The van der Waals surface area contributed by atoms with Crippen molar-refractivity contribution in [3.8, 4) is 55.6 Å². The Morgan fingerprint density at radius 3 is 1.32 bits per heavy atom. The van der Waals surface area contributed by atoms with E-state index in [1.807, 2.05) is 90.2 Å². The van der Waals surface area contributed by atoms with Gasteiger partial charge in [-0.1, -0.05) is 344 Å². The quantitative estimate of drug-likeness (QED) is 0.114. The van der Waals surface area contributed by atoms with Gasteiger partial charge in [0.15, 0.2) is 0 Å². The Balaban J connectivity index is 0.000000110. The average molecular weight is 1630 g/mol. The summed E-state index contributed by atoms with van der Waals surface area (Å²) in [5.41, 5.74) is 33.5. The monoisotopic (exact) mass is 1630 g/mol. The number of anilines is 6. The highest BCUT2D eigenvalue weighted by molar-refractivity contribution is 7.26. The molecule has 0 saturated carbocycles. The fourth-order valence-corrected chi connectivity index (χ4v) is 23.4. The molecule has 3 aromatic heterocycles. The number of hydrogen-bond acceptors (Lipinski definition) is 6. The molecule has 4 nitrogen and oxygen atoms in total. The molecule has 25 rings (SSSR count). The summed E-state index contributed by atoms with van der Waals surface area (Å²) in [6.45, 7) is 13.5. The maximum atomic E-state index is 9.22. The van der Waals surface area contributed by atoms with E-state index in [4.69, 9.17) is 8.53 Å². The number of thiophene rings is 2. The van der Waals surface area contributed by atoms with Crippen LogP contribution in [0.4, 0.5) is 34.1 Å². The molecule has 3 N–H and O–H groups in total. The van der Waals surface area contributed by atoms with Gasteiger partial charge in [0, 0.05) is 85.0 Å². The molecule has 0 amide bonds. The minimum atomic E-state index is -0.942. The van der Waals surface area contributed by atoms with Crippen molar-refractivity contribution in [2.24, 2.45) is 0 Å². The highest BCUT2D eigenvalue weighted by Gasteiger charge is 2.49. The Labute approximate surface area is 736 Å². The van der Waals surface area contributed by atoms with Gasteiger partial charge in [0.2, 0.25) is 0 Å². The number of rotatable bonds is 12. The summed E-state index contributed by atoms with van der Waals surface area (Å²) in [6.07, 6.45) is 1.93. The van der Waals surface area contributed by atoms with Gasteiger partial charge in [0.1, 0.15) is 11.2 Å². The van der Waals surface area contributed by atoms with Crippen LogP contribution in [0, 0.1) is 0 Å². The van der Waals surface area contributed by atoms with Gasteiger partial charge < -0.3 is 20.4 Å². The molecule has 6 heteroatoms. The lowest BCUT2D eigenvalue weighted by molar-refractivity contribution is 0.660. The van der Waals surface area contributed by atoms with E-state index in [0.29, 0.717) is 11.1 Å². The van der Waals surface area contributed by atoms with Gasteiger partial charge in [0.05, 0.1) is 27.4 Å². The van der Waals surface area contributed by atoms with Crippen LogP contribution in [0.25, 0.3) is 124 Å². The Morgan fingerprint density at radius 2 is 0.710 bits per heavy atom. The largest absolute Gasteiger partial charge is 0.456 e. The van der Waals surface area contributed by atoms with Gasteiger partial charge in [-0.3, -0.25) is 0 Å². The molecule has 0 aliphatic heterocycles. The zero-order valence-corrected chi connectivity index (χ0v) is 70.5. The summed E-state index contributed by atoms with van der Waals surface area (Å²) in [6, 6.07) is 136. The normalized spacial score (nSPS) is 14.4. The van der Waals surface area contributed by atoms with Crippen LogP contribution in [0.1, 0.15) is 106 Å². The molecule has 3 heterocycles. The van der Waals surface area contributed by atoms with E-state index < -0.39 is 10.8 Å². The number of nitrogens with one attached hydrogen (secondary N) is 3. The lowest BCUT2D eigenvalue weighted by atomic mass is 9.67. The molecular formula is C118H85N3OS2. The third-order valence-electron chi connectivity index (χ3n) is 26.6. The third kappa shape index (κ3) is 11.6. The second-order valence-corrected chi connectivity index (χ2v) is 36.2. The van der Waals surface area contributed by atoms with E-state index >= 15 is 0 Å². The molecule has 18 aromatic carbocycles. The molecule has 4 aliphatic rings. The number of benzene rings is 18. The zero-order chi connectivity index (χ0) is 86.5. The lowest BCUT2D eigenvalue weighted by Crippen LogP contribution is -2.28. The van der Waals surface area contributed by atoms with Crippen molar-refractivity contribution in [3.05, 3.63) is 485 Å². The minimum Gasteiger partial charge on any atom is -0.456 e. The second kappa shape index (κ2) is 29.3. The first kappa shape index (κ1) is 70.1. The average Bonchev–Trinajstić information content (AvgIpc) is 1.52. The third-order valence-corrected chi connectivity index (χ3v) is 28.8. The predicted octanol–water partition coefficient (Wildman–Crippen LogP) is 32.6. The van der Waals surface area contributed by atoms with Gasteiger partial charge in [-0.2, -0.15) is 0 Å². The van der Waals surface area contributed by atoms with Crippen molar-refractivity contribution in [2.45, 2.75) is 49.4 Å². The zero-order valence-electron chi connectivity index (χ0n) is 72.9. The summed E-state index contributed by atoms with van der Waals surface area (Å²) in [7, 11) is 0. The van der Waals surface area contributed by atoms with E-state index in [-0.39, 0.29) is 35.0 Å². The molecular weight excluding hydrogens is 1540 g/mol. The summed E-state index contributed by atoms with van der Waals surface area (Å²) in [5, 5.41) is 18.7. The van der Waals surface area contributed by atoms with Crippen LogP contribution >= 0.6 is 22.7 Å². The van der Waals surface area contributed by atoms with E-state index in [1.54, 1.807) is 11.3 Å². The number of fused-ring (bicyclic) bond motifs is 21. The smallest absolute Gasteiger partial charge is 0.137 e. The Bertz CT molecular complexity index is 8050. The molecule has 124 heavy (non-hydrogen) atoms. The van der Waals surface area contributed by atoms with Crippen molar-refractivity contribution in [1.82, 2.24) is 0 Å². The van der Waals surface area contributed by atoms with Crippen molar-refractivity contribution in [1.29, 1.82) is 0 Å². The maximum absolute atomic E-state index is 9.22. The highest BCUT2D eigenvalue weighted by Crippen LogP contribution is 2.61. The molecule has 0 radical (unpaired) electrons. The minimum absolute atomic E-state index is 0.0103. The van der Waals surface area contributed by atoms with Crippen LogP contribution in [0.2, 0.25) is 0 Å². The van der Waals surface area contributed by atoms with Crippen LogP contribution in [-0.2, 0) is 21.7 Å². The van der Waals surface area contributed by atoms with Crippen LogP contribution in [-0.4, -0.2) is 0 Å². The van der Waals surface area contributed by atoms with Crippen LogP contribution < -0.4 is 16.0 Å². The fraction of sp³-hybridized carbons (Fsp3) is 0.0678. The van der Waals surface area contributed by atoms with E-state index in [2.05, 4.69) is 360 Å². The van der Waals surface area contributed by atoms with Crippen molar-refractivity contribution in [2.75, 3.05) is 16.0 Å². The van der Waals surface area contributed by atoms with Gasteiger partial charge in [0.25, 0.3) is 0 Å². The second-order valence-electron chi connectivity index (χ2n) is 34.0. The summed E-state index contributed by atoms with van der Waals surface area (Å²) in [4.78, 5) is 0. The van der Waals surface area contributed by atoms with Gasteiger partial charge in [-0.15, -0.1) is 22.7 Å². The van der Waals surface area contributed by atoms with Crippen molar-refractivity contribution < 1.29 is 9.90 Å². The van der Waals surface area contributed by atoms with Crippen LogP contribution in [0.15, 0.2) is 417 Å². The topological polar surface area (TPSA) is 49.2 Å². The summed E-state index contributed by atoms with van der Waals surface area (Å²) < 4.78 is 46.8. The van der Waals surface area contributed by atoms with Crippen molar-refractivity contribution >= 4 is 125 Å². The van der Waals surface area contributed by atoms with Crippen LogP contribution in [0.3, 0.4) is 0 Å². The predicted molar refractivity (Wildman–Crippen MR) is 527 cm³/mol. The first-order valence-corrected chi connectivity index (χ1v) is 44.2. The van der Waals surface area contributed by atoms with Crippen LogP contribution in [0.5, 0.6) is 0 Å².